The smallest absolute Gasteiger partial charge is 0.200 e. The molecule has 5 aromatic carbocycles. The van der Waals surface area contributed by atoms with Crippen LogP contribution in [0.3, 0.4) is 0 Å². The first kappa shape index (κ1) is 35.7. The summed E-state index contributed by atoms with van der Waals surface area (Å²) in [7, 11) is 0. The van der Waals surface area contributed by atoms with E-state index in [1.165, 1.54) is 6.08 Å². The molecule has 8 bridgehead atoms. The van der Waals surface area contributed by atoms with Crippen LogP contribution >= 0.6 is 0 Å². The number of fused-ring (bicyclic) bond motifs is 8. The number of H-pyrrole nitrogens is 1. The number of aromatic amines is 1. The Bertz CT molecular complexity index is 3160. The second-order valence-electron chi connectivity index (χ2n) is 14.1. The van der Waals surface area contributed by atoms with Gasteiger partial charge in [-0.3, -0.25) is 0 Å². The molecule has 2 aliphatic rings. The zero-order chi connectivity index (χ0) is 40.2. The molecule has 10 rings (SSSR count). The molecule has 2 aliphatic heterocycles. The lowest BCUT2D eigenvalue weighted by molar-refractivity contribution is 0.376. The summed E-state index contributed by atoms with van der Waals surface area (Å²) in [5, 5.41) is 0. The maximum absolute atomic E-state index is 16.2. The predicted octanol–water partition coefficient (Wildman–Crippen LogP) is 13.2. The highest BCUT2D eigenvalue weighted by atomic mass is 19.2. The minimum absolute atomic E-state index is 0.00263. The Hall–Kier alpha value is -7.65. The molecular formula is C50H29F5N4. The van der Waals surface area contributed by atoms with Gasteiger partial charge in [0.05, 0.1) is 39.4 Å². The molecule has 0 saturated heterocycles. The standard InChI is InChI=1S/C50H29F5N4/c51-44-43(45(52)47(54)48(55)46(44)53)38-27-36-26-34-22-21-32(56-34)25-33-23-24-35(57-33)28-39-40(29-13-5-1-6-14-29)41(30-15-7-2-8-16-30)50(59(39)37-19-11-4-12-20-37)42(49(38)58-36)31-17-9-3-10-18-31/h1-28,56H. The molecule has 4 nitrogen and oxygen atoms in total. The molecule has 1 N–H and O–H groups in total. The van der Waals surface area contributed by atoms with Crippen molar-refractivity contribution in [1.82, 2.24) is 19.5 Å². The highest BCUT2D eigenvalue weighted by Crippen LogP contribution is 2.49. The molecule has 0 radical (unpaired) electrons. The van der Waals surface area contributed by atoms with Gasteiger partial charge in [-0.1, -0.05) is 109 Å². The first-order valence-electron chi connectivity index (χ1n) is 18.8. The fourth-order valence-corrected chi connectivity index (χ4v) is 7.93. The molecule has 5 heterocycles. The zero-order valence-electron chi connectivity index (χ0n) is 30.9. The van der Waals surface area contributed by atoms with Gasteiger partial charge in [0.2, 0.25) is 5.82 Å². The average Bonchev–Trinajstić information content (AvgIpc) is 4.08. The van der Waals surface area contributed by atoms with Crippen LogP contribution in [-0.2, 0) is 0 Å². The number of halogens is 5. The molecule has 0 amide bonds. The van der Waals surface area contributed by atoms with E-state index in [-0.39, 0.29) is 17.0 Å². The summed E-state index contributed by atoms with van der Waals surface area (Å²) in [6, 6.07) is 47.6. The molecule has 0 atom stereocenters. The Kier molecular flexibility index (Phi) is 8.71. The third-order valence-corrected chi connectivity index (χ3v) is 10.5. The molecule has 9 heteroatoms. The maximum Gasteiger partial charge on any atom is 0.200 e. The van der Waals surface area contributed by atoms with Gasteiger partial charge in [0.1, 0.15) is 0 Å². The first-order valence-corrected chi connectivity index (χ1v) is 18.8. The van der Waals surface area contributed by atoms with Gasteiger partial charge in [-0.15, -0.1) is 0 Å². The van der Waals surface area contributed by atoms with Gasteiger partial charge < -0.3 is 9.55 Å². The lowest BCUT2D eigenvalue weighted by Crippen LogP contribution is -2.07. The molecule has 8 aromatic rings. The van der Waals surface area contributed by atoms with Crippen molar-refractivity contribution in [2.75, 3.05) is 0 Å². The second kappa shape index (κ2) is 14.4. The van der Waals surface area contributed by atoms with Crippen LogP contribution in [0, 0.1) is 29.1 Å². The Morgan fingerprint density at radius 1 is 0.424 bits per heavy atom. The van der Waals surface area contributed by atoms with Crippen molar-refractivity contribution < 1.29 is 22.0 Å². The molecule has 284 valence electrons. The molecular weight excluding hydrogens is 752 g/mol. The summed E-state index contributed by atoms with van der Waals surface area (Å²) < 4.78 is 79.5. The van der Waals surface area contributed by atoms with Crippen molar-refractivity contribution in [3.8, 4) is 39.1 Å². The SMILES string of the molecule is Fc1c(F)c(F)c(C2=Cc3cc4ccc(cc5nc(cc6c(-c7ccccc7)c(-c7ccccc7)c(c(-c7ccccc7)c2n3)n6-c2ccccc2)C=C5)[nH]4)c(F)c1F. The Labute approximate surface area is 334 Å². The van der Waals surface area contributed by atoms with E-state index in [4.69, 9.17) is 9.97 Å². The van der Waals surface area contributed by atoms with E-state index >= 15 is 17.6 Å². The van der Waals surface area contributed by atoms with Crippen LogP contribution < -0.4 is 0 Å². The number of hydrogen-bond donors (Lipinski definition) is 1. The van der Waals surface area contributed by atoms with Gasteiger partial charge >= 0.3 is 0 Å². The maximum atomic E-state index is 16.2. The van der Waals surface area contributed by atoms with E-state index in [0.717, 1.165) is 39.0 Å². The highest BCUT2D eigenvalue weighted by Gasteiger charge is 2.33. The van der Waals surface area contributed by atoms with Crippen molar-refractivity contribution in [2.45, 2.75) is 0 Å². The molecule has 59 heavy (non-hydrogen) atoms. The predicted molar refractivity (Wildman–Crippen MR) is 224 cm³/mol. The number of rotatable bonds is 5. The number of nitrogens with zero attached hydrogens (tertiary/aromatic N) is 3. The molecule has 0 saturated carbocycles. The van der Waals surface area contributed by atoms with E-state index in [9.17, 15) is 4.39 Å². The van der Waals surface area contributed by atoms with Crippen LogP contribution in [-0.4, -0.2) is 19.5 Å². The zero-order valence-corrected chi connectivity index (χ0v) is 30.9. The van der Waals surface area contributed by atoms with Gasteiger partial charge in [0, 0.05) is 39.0 Å². The van der Waals surface area contributed by atoms with Gasteiger partial charge in [-0.05, 0) is 77.4 Å². The number of aromatic nitrogens is 4. The van der Waals surface area contributed by atoms with Gasteiger partial charge in [0.25, 0.3) is 0 Å². The summed E-state index contributed by atoms with van der Waals surface area (Å²) in [6.07, 6.45) is 5.24. The van der Waals surface area contributed by atoms with Crippen LogP contribution in [0.1, 0.15) is 28.3 Å². The number of nitrogens with one attached hydrogen (secondary N) is 1. The average molecular weight is 781 g/mol. The summed E-state index contributed by atoms with van der Waals surface area (Å²) in [5.41, 5.74) is 7.71. The quantitative estimate of drug-likeness (QED) is 0.107. The largest absolute Gasteiger partial charge is 0.355 e. The lowest BCUT2D eigenvalue weighted by atomic mass is 9.90. The summed E-state index contributed by atoms with van der Waals surface area (Å²) in [5.74, 6) is -10.3. The van der Waals surface area contributed by atoms with Crippen LogP contribution in [0.4, 0.5) is 22.0 Å². The minimum Gasteiger partial charge on any atom is -0.355 e. The van der Waals surface area contributed by atoms with E-state index < -0.39 is 34.6 Å². The third kappa shape index (κ3) is 6.15. The fraction of sp³-hybridized carbons (Fsp3) is 0. The Morgan fingerprint density at radius 2 is 0.898 bits per heavy atom. The van der Waals surface area contributed by atoms with Gasteiger partial charge in [-0.2, -0.15) is 0 Å². The summed E-state index contributed by atoms with van der Waals surface area (Å²) in [6.45, 7) is 0. The summed E-state index contributed by atoms with van der Waals surface area (Å²) in [4.78, 5) is 13.4. The second-order valence-corrected chi connectivity index (χ2v) is 14.1. The molecule has 0 unspecified atom stereocenters. The minimum atomic E-state index is -2.24. The third-order valence-electron chi connectivity index (χ3n) is 10.5. The molecule has 0 spiro atoms. The summed E-state index contributed by atoms with van der Waals surface area (Å²) >= 11 is 0. The normalized spacial score (nSPS) is 12.2. The van der Waals surface area contributed by atoms with E-state index in [1.54, 1.807) is 12.1 Å². The van der Waals surface area contributed by atoms with Crippen LogP contribution in [0.15, 0.2) is 152 Å². The van der Waals surface area contributed by atoms with Crippen LogP contribution in [0.25, 0.3) is 84.9 Å². The first-order chi connectivity index (χ1) is 28.8. The van der Waals surface area contributed by atoms with E-state index in [1.807, 2.05) is 152 Å². The van der Waals surface area contributed by atoms with Crippen molar-refractivity contribution in [3.05, 3.63) is 209 Å². The van der Waals surface area contributed by atoms with E-state index in [0.29, 0.717) is 33.5 Å². The van der Waals surface area contributed by atoms with Crippen LogP contribution in [0.5, 0.6) is 0 Å². The van der Waals surface area contributed by atoms with Crippen molar-refractivity contribution in [3.63, 3.8) is 0 Å². The Morgan fingerprint density at radius 3 is 1.47 bits per heavy atom. The topological polar surface area (TPSA) is 46.5 Å². The lowest BCUT2D eigenvalue weighted by Gasteiger charge is -2.16. The van der Waals surface area contributed by atoms with Gasteiger partial charge in [-0.25, -0.2) is 31.9 Å². The van der Waals surface area contributed by atoms with Crippen molar-refractivity contribution >= 4 is 45.9 Å². The number of hydrogen-bond acceptors (Lipinski definition) is 2. The van der Waals surface area contributed by atoms with E-state index in [2.05, 4.69) is 9.55 Å². The number of para-hydroxylation sites is 1. The van der Waals surface area contributed by atoms with Crippen molar-refractivity contribution in [2.24, 2.45) is 0 Å². The Balaban J connectivity index is 1.54. The van der Waals surface area contributed by atoms with Crippen LogP contribution in [0.2, 0.25) is 0 Å². The molecule has 0 aliphatic carbocycles. The number of benzene rings is 5. The fourth-order valence-electron chi connectivity index (χ4n) is 7.93. The monoisotopic (exact) mass is 780 g/mol. The van der Waals surface area contributed by atoms with Crippen molar-refractivity contribution in [1.29, 1.82) is 0 Å². The highest BCUT2D eigenvalue weighted by molar-refractivity contribution is 6.12. The molecule has 0 fully saturated rings. The molecule has 3 aromatic heterocycles. The van der Waals surface area contributed by atoms with Gasteiger partial charge in [0.15, 0.2) is 23.3 Å².